The third-order valence-corrected chi connectivity index (χ3v) is 5.63. The minimum atomic E-state index is 0.0893. The number of carbonyl (C=O) groups is 1. The summed E-state index contributed by atoms with van der Waals surface area (Å²) in [4.78, 5) is 18.1. The number of benzene rings is 3. The van der Waals surface area contributed by atoms with Gasteiger partial charge in [-0.15, -0.1) is 0 Å². The Bertz CT molecular complexity index is 946. The molecule has 29 heavy (non-hydrogen) atoms. The fourth-order valence-corrected chi connectivity index (χ4v) is 4.03. The summed E-state index contributed by atoms with van der Waals surface area (Å²) < 4.78 is 5.48. The highest BCUT2D eigenvalue weighted by atomic mass is 16.5. The van der Waals surface area contributed by atoms with Crippen molar-refractivity contribution in [2.24, 2.45) is 0 Å². The molecule has 4 rings (SSSR count). The third-order valence-electron chi connectivity index (χ3n) is 5.63. The molecule has 1 saturated heterocycles. The monoisotopic (exact) mass is 388 g/mol. The fourth-order valence-electron chi connectivity index (χ4n) is 4.03. The highest BCUT2D eigenvalue weighted by molar-refractivity contribution is 6.07. The lowest BCUT2D eigenvalue weighted by Crippen LogP contribution is -2.48. The molecule has 1 aliphatic rings. The summed E-state index contributed by atoms with van der Waals surface area (Å²) in [6, 6.07) is 24.4. The molecule has 0 saturated carbocycles. The van der Waals surface area contributed by atoms with Crippen molar-refractivity contribution < 1.29 is 9.53 Å². The topological polar surface area (TPSA) is 32.8 Å². The van der Waals surface area contributed by atoms with Crippen molar-refractivity contribution in [3.63, 3.8) is 0 Å². The van der Waals surface area contributed by atoms with Crippen molar-refractivity contribution in [2.75, 3.05) is 32.8 Å². The SMILES string of the molecule is CC(CN1CCOCC1)N(Cc1ccccc1)C(=O)c1cccc2ccccc12. The van der Waals surface area contributed by atoms with Gasteiger partial charge in [0.25, 0.3) is 5.91 Å². The van der Waals surface area contributed by atoms with Gasteiger partial charge in [-0.25, -0.2) is 0 Å². The van der Waals surface area contributed by atoms with Crippen molar-refractivity contribution in [2.45, 2.75) is 19.5 Å². The van der Waals surface area contributed by atoms with Gasteiger partial charge in [0.15, 0.2) is 0 Å². The first kappa shape index (κ1) is 19.6. The Balaban J connectivity index is 1.63. The van der Waals surface area contributed by atoms with Gasteiger partial charge in [-0.1, -0.05) is 66.7 Å². The molecule has 1 unspecified atom stereocenters. The number of hydrogen-bond donors (Lipinski definition) is 0. The van der Waals surface area contributed by atoms with Crippen LogP contribution in [0, 0.1) is 0 Å². The fraction of sp³-hybridized carbons (Fsp3) is 0.320. The van der Waals surface area contributed by atoms with E-state index in [1.54, 1.807) is 0 Å². The maximum absolute atomic E-state index is 13.7. The highest BCUT2D eigenvalue weighted by Gasteiger charge is 2.25. The van der Waals surface area contributed by atoms with Gasteiger partial charge in [0.1, 0.15) is 0 Å². The summed E-state index contributed by atoms with van der Waals surface area (Å²) in [6.45, 7) is 6.99. The number of ether oxygens (including phenoxy) is 1. The zero-order chi connectivity index (χ0) is 20.1. The van der Waals surface area contributed by atoms with Crippen molar-refractivity contribution in [3.8, 4) is 0 Å². The number of morpholine rings is 1. The molecule has 1 atom stereocenters. The van der Waals surface area contributed by atoms with E-state index in [-0.39, 0.29) is 11.9 Å². The Hall–Kier alpha value is -2.69. The zero-order valence-electron chi connectivity index (χ0n) is 17.0. The van der Waals surface area contributed by atoms with Gasteiger partial charge in [0.05, 0.1) is 13.2 Å². The molecule has 0 aliphatic carbocycles. The van der Waals surface area contributed by atoms with E-state index in [2.05, 4.69) is 36.1 Å². The molecule has 1 heterocycles. The van der Waals surface area contributed by atoms with E-state index in [1.165, 1.54) is 0 Å². The molecule has 0 N–H and O–H groups in total. The van der Waals surface area contributed by atoms with Gasteiger partial charge < -0.3 is 9.64 Å². The van der Waals surface area contributed by atoms with E-state index in [0.717, 1.165) is 54.7 Å². The van der Waals surface area contributed by atoms with Gasteiger partial charge in [-0.2, -0.15) is 0 Å². The third kappa shape index (κ3) is 4.66. The van der Waals surface area contributed by atoms with Crippen LogP contribution in [0.5, 0.6) is 0 Å². The number of hydrogen-bond acceptors (Lipinski definition) is 3. The van der Waals surface area contributed by atoms with Crippen LogP contribution in [0.15, 0.2) is 72.8 Å². The second-order valence-corrected chi connectivity index (χ2v) is 7.71. The number of amides is 1. The van der Waals surface area contributed by atoms with Crippen molar-refractivity contribution in [3.05, 3.63) is 83.9 Å². The maximum Gasteiger partial charge on any atom is 0.255 e. The molecule has 0 bridgehead atoms. The molecule has 150 valence electrons. The van der Waals surface area contributed by atoms with E-state index in [0.29, 0.717) is 6.54 Å². The molecule has 0 radical (unpaired) electrons. The lowest BCUT2D eigenvalue weighted by atomic mass is 10.0. The van der Waals surface area contributed by atoms with E-state index in [1.807, 2.05) is 53.4 Å². The van der Waals surface area contributed by atoms with Gasteiger partial charge in [-0.3, -0.25) is 9.69 Å². The molecule has 1 fully saturated rings. The first-order valence-corrected chi connectivity index (χ1v) is 10.3. The van der Waals surface area contributed by atoms with E-state index in [9.17, 15) is 4.79 Å². The maximum atomic E-state index is 13.7. The van der Waals surface area contributed by atoms with Crippen LogP contribution in [0.1, 0.15) is 22.8 Å². The highest BCUT2D eigenvalue weighted by Crippen LogP contribution is 2.22. The Kier molecular flexibility index (Phi) is 6.23. The van der Waals surface area contributed by atoms with Gasteiger partial charge in [-0.05, 0) is 29.3 Å². The van der Waals surface area contributed by atoms with Crippen LogP contribution in [0.25, 0.3) is 10.8 Å². The van der Waals surface area contributed by atoms with Crippen molar-refractivity contribution in [1.29, 1.82) is 0 Å². The predicted octanol–water partition coefficient (Wildman–Crippen LogP) is 4.20. The average Bonchev–Trinajstić information content (AvgIpc) is 2.78. The average molecular weight is 389 g/mol. The lowest BCUT2D eigenvalue weighted by molar-refractivity contribution is 0.0229. The smallest absolute Gasteiger partial charge is 0.255 e. The van der Waals surface area contributed by atoms with Crippen molar-refractivity contribution in [1.82, 2.24) is 9.80 Å². The molecule has 1 aliphatic heterocycles. The number of rotatable bonds is 6. The quantitative estimate of drug-likeness (QED) is 0.634. The second kappa shape index (κ2) is 9.21. The van der Waals surface area contributed by atoms with Crippen molar-refractivity contribution >= 4 is 16.7 Å². The molecular formula is C25H28N2O2. The molecule has 4 heteroatoms. The van der Waals surface area contributed by atoms with Crippen LogP contribution in [0.4, 0.5) is 0 Å². The van der Waals surface area contributed by atoms with E-state index < -0.39 is 0 Å². The van der Waals surface area contributed by atoms with E-state index in [4.69, 9.17) is 4.74 Å². The largest absolute Gasteiger partial charge is 0.379 e. The Labute approximate surface area is 172 Å². The normalized spacial score (nSPS) is 15.9. The predicted molar refractivity (Wildman–Crippen MR) is 117 cm³/mol. The van der Waals surface area contributed by atoms with Gasteiger partial charge in [0, 0.05) is 37.8 Å². The molecule has 3 aromatic carbocycles. The van der Waals surface area contributed by atoms with Crippen LogP contribution < -0.4 is 0 Å². The number of fused-ring (bicyclic) bond motifs is 1. The minimum Gasteiger partial charge on any atom is -0.379 e. The van der Waals surface area contributed by atoms with Crippen LogP contribution in [-0.2, 0) is 11.3 Å². The summed E-state index contributed by atoms with van der Waals surface area (Å²) >= 11 is 0. The Morgan fingerprint density at radius 1 is 0.966 bits per heavy atom. The summed E-state index contributed by atoms with van der Waals surface area (Å²) in [5, 5.41) is 2.11. The van der Waals surface area contributed by atoms with Gasteiger partial charge >= 0.3 is 0 Å². The van der Waals surface area contributed by atoms with Gasteiger partial charge in [0.2, 0.25) is 0 Å². The summed E-state index contributed by atoms with van der Waals surface area (Å²) in [7, 11) is 0. The first-order valence-electron chi connectivity index (χ1n) is 10.3. The summed E-state index contributed by atoms with van der Waals surface area (Å²) in [5.74, 6) is 0.0893. The molecule has 4 nitrogen and oxygen atoms in total. The standard InChI is InChI=1S/C25H28N2O2/c1-20(18-26-14-16-29-17-15-26)27(19-21-8-3-2-4-9-21)25(28)24-13-7-11-22-10-5-6-12-23(22)24/h2-13,20H,14-19H2,1H3. The minimum absolute atomic E-state index is 0.0893. The second-order valence-electron chi connectivity index (χ2n) is 7.71. The summed E-state index contributed by atoms with van der Waals surface area (Å²) in [6.07, 6.45) is 0. The van der Waals surface area contributed by atoms with Crippen LogP contribution >= 0.6 is 0 Å². The van der Waals surface area contributed by atoms with Crippen LogP contribution in [0.2, 0.25) is 0 Å². The molecular weight excluding hydrogens is 360 g/mol. The zero-order valence-corrected chi connectivity index (χ0v) is 17.0. The molecule has 3 aromatic rings. The number of carbonyl (C=O) groups excluding carboxylic acids is 1. The first-order chi connectivity index (χ1) is 14.2. The van der Waals surface area contributed by atoms with Crippen LogP contribution in [-0.4, -0.2) is 54.6 Å². The molecule has 0 spiro atoms. The lowest BCUT2D eigenvalue weighted by Gasteiger charge is -2.35. The Morgan fingerprint density at radius 2 is 1.66 bits per heavy atom. The Morgan fingerprint density at radius 3 is 2.45 bits per heavy atom. The van der Waals surface area contributed by atoms with Crippen LogP contribution in [0.3, 0.4) is 0 Å². The number of nitrogens with zero attached hydrogens (tertiary/aromatic N) is 2. The van der Waals surface area contributed by atoms with E-state index >= 15 is 0 Å². The molecule has 0 aromatic heterocycles. The summed E-state index contributed by atoms with van der Waals surface area (Å²) in [5.41, 5.74) is 1.92. The molecule has 1 amide bonds.